The van der Waals surface area contributed by atoms with Crippen molar-refractivity contribution in [2.24, 2.45) is 0 Å². The van der Waals surface area contributed by atoms with Crippen LogP contribution in [0.1, 0.15) is 19.4 Å². The van der Waals surface area contributed by atoms with Gasteiger partial charge in [-0.15, -0.1) is 11.3 Å². The van der Waals surface area contributed by atoms with E-state index in [0.717, 1.165) is 4.88 Å². The molecule has 6 nitrogen and oxygen atoms in total. The molecule has 2 atom stereocenters. The summed E-state index contributed by atoms with van der Waals surface area (Å²) in [7, 11) is 0. The van der Waals surface area contributed by atoms with Gasteiger partial charge in [0, 0.05) is 24.8 Å². The molecule has 25 heavy (non-hydrogen) atoms. The highest BCUT2D eigenvalue weighted by Crippen LogP contribution is 2.38. The Morgan fingerprint density at radius 1 is 1.36 bits per heavy atom. The number of rotatable bonds is 3. The van der Waals surface area contributed by atoms with Gasteiger partial charge in [-0.2, -0.15) is 0 Å². The number of ether oxygens (including phenoxy) is 1. The molecule has 1 aliphatic heterocycles. The lowest BCUT2D eigenvalue weighted by Crippen LogP contribution is -2.46. The number of hydrogen-bond donors (Lipinski definition) is 1. The zero-order chi connectivity index (χ0) is 17.6. The molecule has 0 amide bonds. The van der Waals surface area contributed by atoms with Crippen LogP contribution in [0.2, 0.25) is 0 Å². The molecule has 132 valence electrons. The fourth-order valence-electron chi connectivity index (χ4n) is 3.41. The van der Waals surface area contributed by atoms with Crippen LogP contribution in [0.15, 0.2) is 22.3 Å². The first-order valence-corrected chi connectivity index (χ1v) is 8.97. The summed E-state index contributed by atoms with van der Waals surface area (Å²) in [6.45, 7) is 4.74. The number of halogens is 1. The highest BCUT2D eigenvalue weighted by molar-refractivity contribution is 7.13. The molecule has 1 N–H and O–H groups in total. The lowest BCUT2D eigenvalue weighted by atomic mass is 10.0. The van der Waals surface area contributed by atoms with Crippen LogP contribution in [0.3, 0.4) is 0 Å². The summed E-state index contributed by atoms with van der Waals surface area (Å²) in [6, 6.07) is 1.75. The van der Waals surface area contributed by atoms with Gasteiger partial charge in [0.2, 0.25) is 5.58 Å². The lowest BCUT2D eigenvalue weighted by molar-refractivity contribution is -0.00549. The minimum atomic E-state index is -0.494. The summed E-state index contributed by atoms with van der Waals surface area (Å²) in [4.78, 5) is 6.73. The van der Waals surface area contributed by atoms with Crippen LogP contribution in [-0.2, 0) is 11.3 Å². The first kappa shape index (κ1) is 16.4. The fraction of sp³-hybridized carbons (Fsp3) is 0.412. The van der Waals surface area contributed by atoms with Crippen molar-refractivity contribution < 1.29 is 18.8 Å². The molecule has 1 aliphatic rings. The molecule has 2 aromatic heterocycles. The van der Waals surface area contributed by atoms with Crippen LogP contribution in [0.25, 0.3) is 21.5 Å². The molecule has 3 heterocycles. The summed E-state index contributed by atoms with van der Waals surface area (Å²) in [6.07, 6.45) is 1.62. The van der Waals surface area contributed by atoms with E-state index >= 15 is 4.39 Å². The number of anilines is 1. The Bertz CT molecular complexity index is 886. The van der Waals surface area contributed by atoms with E-state index in [2.05, 4.69) is 10.1 Å². The molecule has 0 spiro atoms. The van der Waals surface area contributed by atoms with Gasteiger partial charge >= 0.3 is 0 Å². The highest BCUT2D eigenvalue weighted by Gasteiger charge is 2.29. The van der Waals surface area contributed by atoms with Crippen molar-refractivity contribution >= 4 is 28.0 Å². The van der Waals surface area contributed by atoms with Crippen molar-refractivity contribution in [2.45, 2.75) is 32.7 Å². The summed E-state index contributed by atoms with van der Waals surface area (Å²) >= 11 is 1.40. The van der Waals surface area contributed by atoms with Gasteiger partial charge in [-0.25, -0.2) is 4.39 Å². The van der Waals surface area contributed by atoms with Crippen molar-refractivity contribution in [2.75, 3.05) is 18.0 Å². The van der Waals surface area contributed by atoms with Crippen molar-refractivity contribution in [3.05, 3.63) is 29.2 Å². The van der Waals surface area contributed by atoms with Crippen molar-refractivity contribution in [3.8, 4) is 10.6 Å². The lowest BCUT2D eigenvalue weighted by Gasteiger charge is -2.37. The van der Waals surface area contributed by atoms with Crippen LogP contribution in [-0.4, -0.2) is 40.5 Å². The van der Waals surface area contributed by atoms with Crippen molar-refractivity contribution in [1.82, 2.24) is 10.1 Å². The number of thiazole rings is 1. The second kappa shape index (κ2) is 6.36. The fourth-order valence-corrected chi connectivity index (χ4v) is 4.03. The Labute approximate surface area is 147 Å². The van der Waals surface area contributed by atoms with E-state index in [0.29, 0.717) is 35.4 Å². The average Bonchev–Trinajstić information content (AvgIpc) is 3.22. The molecule has 1 aromatic carbocycles. The molecular formula is C17H18FN3O3S. The smallest absolute Gasteiger partial charge is 0.205 e. The maximum Gasteiger partial charge on any atom is 0.205 e. The number of hydrogen-bond acceptors (Lipinski definition) is 7. The van der Waals surface area contributed by atoms with Gasteiger partial charge in [-0.3, -0.25) is 4.98 Å². The summed E-state index contributed by atoms with van der Waals surface area (Å²) < 4.78 is 26.3. The minimum Gasteiger partial charge on any atom is -0.392 e. The van der Waals surface area contributed by atoms with Gasteiger partial charge in [0.05, 0.1) is 40.3 Å². The Morgan fingerprint density at radius 2 is 2.12 bits per heavy atom. The van der Waals surface area contributed by atoms with Gasteiger partial charge in [0.1, 0.15) is 5.69 Å². The van der Waals surface area contributed by atoms with Crippen LogP contribution >= 0.6 is 11.3 Å². The summed E-state index contributed by atoms with van der Waals surface area (Å²) in [5.41, 5.74) is 3.21. The number of morpholine rings is 1. The Kier molecular flexibility index (Phi) is 4.18. The molecule has 4 rings (SSSR count). The second-order valence-electron chi connectivity index (χ2n) is 6.29. The number of fused-ring (bicyclic) bond motifs is 1. The maximum atomic E-state index is 15.3. The predicted octanol–water partition coefficient (Wildman–Crippen LogP) is 3.20. The summed E-state index contributed by atoms with van der Waals surface area (Å²) in [5.74, 6) is -0.494. The van der Waals surface area contributed by atoms with E-state index in [1.54, 1.807) is 17.8 Å². The first-order chi connectivity index (χ1) is 12.1. The van der Waals surface area contributed by atoms with Crippen molar-refractivity contribution in [3.63, 3.8) is 0 Å². The van der Waals surface area contributed by atoms with Gasteiger partial charge < -0.3 is 19.3 Å². The largest absolute Gasteiger partial charge is 0.392 e. The first-order valence-electron chi connectivity index (χ1n) is 8.09. The van der Waals surface area contributed by atoms with E-state index in [4.69, 9.17) is 9.26 Å². The molecule has 0 aliphatic carbocycles. The highest BCUT2D eigenvalue weighted by atomic mass is 32.1. The Morgan fingerprint density at radius 3 is 2.76 bits per heavy atom. The molecule has 0 radical (unpaired) electrons. The zero-order valence-electron chi connectivity index (χ0n) is 13.9. The average molecular weight is 363 g/mol. The monoisotopic (exact) mass is 363 g/mol. The molecule has 3 aromatic rings. The Balaban J connectivity index is 1.87. The third kappa shape index (κ3) is 2.80. The molecular weight excluding hydrogens is 345 g/mol. The SMILES string of the molecule is C[C@@H]1CN(c2c(CO)cc3c(-c4cncs4)noc3c2F)C[C@H](C)O1. The van der Waals surface area contributed by atoms with Gasteiger partial charge in [-0.05, 0) is 19.9 Å². The van der Waals surface area contributed by atoms with E-state index < -0.39 is 5.82 Å². The number of aromatic nitrogens is 2. The van der Waals surface area contributed by atoms with Gasteiger partial charge in [0.15, 0.2) is 5.82 Å². The maximum absolute atomic E-state index is 15.3. The number of aliphatic hydroxyl groups is 1. The molecule has 1 saturated heterocycles. The molecule has 0 saturated carbocycles. The summed E-state index contributed by atoms with van der Waals surface area (Å²) in [5, 5.41) is 14.4. The molecule has 8 heteroatoms. The van der Waals surface area contributed by atoms with E-state index in [1.165, 1.54) is 11.3 Å². The Hall–Kier alpha value is -2.03. The van der Waals surface area contributed by atoms with Gasteiger partial charge in [0.25, 0.3) is 0 Å². The van der Waals surface area contributed by atoms with E-state index in [1.807, 2.05) is 18.7 Å². The number of nitrogens with zero attached hydrogens (tertiary/aromatic N) is 3. The predicted molar refractivity (Wildman–Crippen MR) is 93.2 cm³/mol. The quantitative estimate of drug-likeness (QED) is 0.771. The van der Waals surface area contributed by atoms with Gasteiger partial charge in [-0.1, -0.05) is 5.16 Å². The van der Waals surface area contributed by atoms with Crippen molar-refractivity contribution in [1.29, 1.82) is 0 Å². The number of aliphatic hydroxyl groups excluding tert-OH is 1. The normalized spacial score (nSPS) is 21.2. The van der Waals surface area contributed by atoms with Crippen LogP contribution in [0, 0.1) is 5.82 Å². The van der Waals surface area contributed by atoms with Crippen LogP contribution in [0.5, 0.6) is 0 Å². The standard InChI is InChI=1S/C17H18FN3O3S/c1-9-5-21(6-10(2)23-9)16-11(7-22)3-12-15(13-4-19-8-25-13)20-24-17(12)14(16)18/h3-4,8-10,22H,5-7H2,1-2H3/t9-,10+. The van der Waals surface area contributed by atoms with Crippen LogP contribution < -0.4 is 4.90 Å². The molecule has 1 fully saturated rings. The molecule has 0 bridgehead atoms. The second-order valence-corrected chi connectivity index (χ2v) is 7.18. The minimum absolute atomic E-state index is 0.0205. The third-order valence-corrected chi connectivity index (χ3v) is 5.11. The van der Waals surface area contributed by atoms with E-state index in [-0.39, 0.29) is 24.4 Å². The van der Waals surface area contributed by atoms with E-state index in [9.17, 15) is 5.11 Å². The molecule has 0 unspecified atom stereocenters. The number of benzene rings is 1. The third-order valence-electron chi connectivity index (χ3n) is 4.33. The van der Waals surface area contributed by atoms with Crippen LogP contribution in [0.4, 0.5) is 10.1 Å². The zero-order valence-corrected chi connectivity index (χ0v) is 14.7. The topological polar surface area (TPSA) is 71.6 Å².